The molecule has 0 bridgehead atoms. The van der Waals surface area contributed by atoms with Gasteiger partial charge in [0.25, 0.3) is 0 Å². The van der Waals surface area contributed by atoms with Gasteiger partial charge in [-0.05, 0) is 85.1 Å². The van der Waals surface area contributed by atoms with Crippen LogP contribution in [0.4, 0.5) is 0 Å². The molecule has 0 aliphatic heterocycles. The Morgan fingerprint density at radius 3 is 2.39 bits per heavy atom. The standard InChI is InChI=1S/C27H38O4/c1-4-27(30,5-2)15-8-6-7-10-21(3)23-11-9-12-26(17-23)31-20-22-13-14-24(18-28)25(16-22)19-29/h9-14,16-17,28-30H,4-8,15,18-20H2,1-3H3/b21-10+. The van der Waals surface area contributed by atoms with Crippen LogP contribution in [0.2, 0.25) is 0 Å². The van der Waals surface area contributed by atoms with Crippen LogP contribution < -0.4 is 4.74 Å². The van der Waals surface area contributed by atoms with Crippen molar-refractivity contribution in [2.24, 2.45) is 0 Å². The van der Waals surface area contributed by atoms with E-state index in [0.717, 1.165) is 66.5 Å². The van der Waals surface area contributed by atoms with Crippen LogP contribution in [0, 0.1) is 0 Å². The van der Waals surface area contributed by atoms with Gasteiger partial charge in [0, 0.05) is 0 Å². The van der Waals surface area contributed by atoms with E-state index in [1.807, 2.05) is 36.4 Å². The smallest absolute Gasteiger partial charge is 0.120 e. The number of benzene rings is 2. The zero-order valence-corrected chi connectivity index (χ0v) is 19.2. The largest absolute Gasteiger partial charge is 0.489 e. The first-order valence-electron chi connectivity index (χ1n) is 11.4. The molecule has 4 nitrogen and oxygen atoms in total. The third-order valence-electron chi connectivity index (χ3n) is 6.17. The summed E-state index contributed by atoms with van der Waals surface area (Å²) in [4.78, 5) is 0. The molecule has 0 aliphatic carbocycles. The van der Waals surface area contributed by atoms with Crippen LogP contribution in [-0.2, 0) is 19.8 Å². The maximum Gasteiger partial charge on any atom is 0.120 e. The zero-order valence-electron chi connectivity index (χ0n) is 19.2. The van der Waals surface area contributed by atoms with Gasteiger partial charge in [-0.2, -0.15) is 0 Å². The Morgan fingerprint density at radius 2 is 1.71 bits per heavy atom. The van der Waals surface area contributed by atoms with Crippen molar-refractivity contribution in [3.63, 3.8) is 0 Å². The Hall–Kier alpha value is -2.14. The lowest BCUT2D eigenvalue weighted by Crippen LogP contribution is -2.26. The molecule has 0 fully saturated rings. The van der Waals surface area contributed by atoms with Gasteiger partial charge in [-0.1, -0.05) is 50.6 Å². The van der Waals surface area contributed by atoms with E-state index in [0.29, 0.717) is 6.61 Å². The van der Waals surface area contributed by atoms with Gasteiger partial charge in [0.05, 0.1) is 18.8 Å². The van der Waals surface area contributed by atoms with Crippen molar-refractivity contribution in [3.05, 3.63) is 70.8 Å². The van der Waals surface area contributed by atoms with Crippen LogP contribution in [-0.4, -0.2) is 20.9 Å². The number of unbranched alkanes of at least 4 members (excludes halogenated alkanes) is 2. The van der Waals surface area contributed by atoms with Crippen LogP contribution in [0.1, 0.15) is 81.5 Å². The third-order valence-corrected chi connectivity index (χ3v) is 6.17. The second kappa shape index (κ2) is 12.7. The highest BCUT2D eigenvalue weighted by atomic mass is 16.5. The van der Waals surface area contributed by atoms with E-state index in [4.69, 9.17) is 4.74 Å². The predicted molar refractivity (Wildman–Crippen MR) is 127 cm³/mol. The lowest BCUT2D eigenvalue weighted by Gasteiger charge is -2.24. The molecule has 2 rings (SSSR count). The SMILES string of the molecule is CCC(O)(CC)CCCC/C=C(\C)c1cccc(OCc2ccc(CO)c(CO)c2)c1. The fourth-order valence-corrected chi connectivity index (χ4v) is 3.71. The summed E-state index contributed by atoms with van der Waals surface area (Å²) in [6, 6.07) is 13.7. The molecule has 0 atom stereocenters. The monoisotopic (exact) mass is 426 g/mol. The minimum Gasteiger partial charge on any atom is -0.489 e. The van der Waals surface area contributed by atoms with Crippen molar-refractivity contribution >= 4 is 5.57 Å². The molecule has 2 aromatic carbocycles. The number of hydrogen-bond donors (Lipinski definition) is 3. The summed E-state index contributed by atoms with van der Waals surface area (Å²) in [6.07, 6.45) is 7.88. The van der Waals surface area contributed by atoms with Gasteiger partial charge < -0.3 is 20.1 Å². The maximum absolute atomic E-state index is 10.4. The topological polar surface area (TPSA) is 69.9 Å². The Labute approximate surface area is 187 Å². The summed E-state index contributed by atoms with van der Waals surface area (Å²) in [5.74, 6) is 0.804. The van der Waals surface area contributed by atoms with Gasteiger partial charge in [0.1, 0.15) is 12.4 Å². The van der Waals surface area contributed by atoms with Crippen molar-refractivity contribution in [3.8, 4) is 5.75 Å². The highest BCUT2D eigenvalue weighted by molar-refractivity contribution is 5.64. The number of aliphatic hydroxyl groups excluding tert-OH is 2. The first-order valence-corrected chi connectivity index (χ1v) is 11.4. The molecule has 0 aliphatic rings. The highest BCUT2D eigenvalue weighted by Crippen LogP contribution is 2.24. The lowest BCUT2D eigenvalue weighted by atomic mass is 9.91. The molecule has 0 saturated carbocycles. The molecule has 4 heteroatoms. The minimum atomic E-state index is -0.499. The molecular weight excluding hydrogens is 388 g/mol. The Morgan fingerprint density at radius 1 is 0.968 bits per heavy atom. The molecule has 3 N–H and O–H groups in total. The van der Waals surface area contributed by atoms with Crippen molar-refractivity contribution in [2.75, 3.05) is 0 Å². The molecule has 0 amide bonds. The van der Waals surface area contributed by atoms with E-state index < -0.39 is 5.60 Å². The molecule has 170 valence electrons. The maximum atomic E-state index is 10.4. The molecule has 0 radical (unpaired) electrons. The van der Waals surface area contributed by atoms with E-state index in [9.17, 15) is 15.3 Å². The molecule has 0 heterocycles. The second-order valence-electron chi connectivity index (χ2n) is 8.30. The molecule has 0 unspecified atom stereocenters. The van der Waals surface area contributed by atoms with Gasteiger partial charge in [0.15, 0.2) is 0 Å². The molecule has 0 aromatic heterocycles. The zero-order chi connectivity index (χ0) is 22.7. The van der Waals surface area contributed by atoms with Gasteiger partial charge in [-0.3, -0.25) is 0 Å². The van der Waals surface area contributed by atoms with E-state index in [-0.39, 0.29) is 13.2 Å². The molecule has 2 aromatic rings. The second-order valence-corrected chi connectivity index (χ2v) is 8.30. The number of ether oxygens (including phenoxy) is 1. The summed E-state index contributed by atoms with van der Waals surface area (Å²) in [5.41, 5.74) is 4.29. The molecule has 31 heavy (non-hydrogen) atoms. The van der Waals surface area contributed by atoms with Crippen LogP contribution in [0.25, 0.3) is 5.57 Å². The van der Waals surface area contributed by atoms with E-state index in [1.165, 1.54) is 5.57 Å². The van der Waals surface area contributed by atoms with Crippen LogP contribution in [0.15, 0.2) is 48.5 Å². The number of rotatable bonds is 13. The van der Waals surface area contributed by atoms with Crippen molar-refractivity contribution in [1.82, 2.24) is 0 Å². The van der Waals surface area contributed by atoms with Gasteiger partial charge in [-0.15, -0.1) is 0 Å². The lowest BCUT2D eigenvalue weighted by molar-refractivity contribution is 0.0213. The van der Waals surface area contributed by atoms with Gasteiger partial charge >= 0.3 is 0 Å². The summed E-state index contributed by atoms with van der Waals surface area (Å²) < 4.78 is 5.96. The number of hydrogen-bond acceptors (Lipinski definition) is 4. The summed E-state index contributed by atoms with van der Waals surface area (Å²) in [7, 11) is 0. The van der Waals surface area contributed by atoms with Gasteiger partial charge in [-0.25, -0.2) is 0 Å². The Kier molecular flexibility index (Phi) is 10.3. The normalized spacial score (nSPS) is 12.3. The molecular formula is C27H38O4. The number of aliphatic hydroxyl groups is 3. The van der Waals surface area contributed by atoms with E-state index in [2.05, 4.69) is 32.9 Å². The Balaban J connectivity index is 1.90. The average Bonchev–Trinajstić information content (AvgIpc) is 2.82. The summed E-state index contributed by atoms with van der Waals surface area (Å²) >= 11 is 0. The van der Waals surface area contributed by atoms with Crippen molar-refractivity contribution in [2.45, 2.75) is 84.7 Å². The first-order chi connectivity index (χ1) is 14.9. The third kappa shape index (κ3) is 7.80. The molecule has 0 saturated heterocycles. The summed E-state index contributed by atoms with van der Waals surface area (Å²) in [6.45, 7) is 6.45. The first kappa shape index (κ1) is 25.1. The van der Waals surface area contributed by atoms with Gasteiger partial charge in [0.2, 0.25) is 0 Å². The fourth-order valence-electron chi connectivity index (χ4n) is 3.71. The minimum absolute atomic E-state index is 0.0806. The van der Waals surface area contributed by atoms with Crippen LogP contribution in [0.5, 0.6) is 5.75 Å². The van der Waals surface area contributed by atoms with E-state index in [1.54, 1.807) is 0 Å². The fraction of sp³-hybridized carbons (Fsp3) is 0.481. The average molecular weight is 427 g/mol. The van der Waals surface area contributed by atoms with E-state index >= 15 is 0 Å². The van der Waals surface area contributed by atoms with Crippen molar-refractivity contribution in [1.29, 1.82) is 0 Å². The highest BCUT2D eigenvalue weighted by Gasteiger charge is 2.20. The van der Waals surface area contributed by atoms with Crippen molar-refractivity contribution < 1.29 is 20.1 Å². The molecule has 0 spiro atoms. The predicted octanol–water partition coefficient (Wildman–Crippen LogP) is 5.77. The van der Waals surface area contributed by atoms with Crippen LogP contribution in [0.3, 0.4) is 0 Å². The number of allylic oxidation sites excluding steroid dienone is 2. The summed E-state index contributed by atoms with van der Waals surface area (Å²) in [5, 5.41) is 29.2. The Bertz CT molecular complexity index is 837. The quantitative estimate of drug-likeness (QED) is 0.356. The van der Waals surface area contributed by atoms with Crippen LogP contribution >= 0.6 is 0 Å².